The molecule has 1 fully saturated rings. The van der Waals surface area contributed by atoms with Crippen LogP contribution in [0.25, 0.3) is 0 Å². The van der Waals surface area contributed by atoms with Gasteiger partial charge in [-0.1, -0.05) is 35.3 Å². The van der Waals surface area contributed by atoms with Crippen molar-refractivity contribution in [3.05, 3.63) is 52.5 Å². The minimum Gasteiger partial charge on any atom is -0.479 e. The summed E-state index contributed by atoms with van der Waals surface area (Å²) in [6, 6.07) is 12.6. The maximum Gasteiger partial charge on any atom is 0.265 e. The molecular weight excluding hydrogens is 375 g/mol. The lowest BCUT2D eigenvalue weighted by atomic mass is 10.2. The van der Waals surface area contributed by atoms with Gasteiger partial charge < -0.3 is 19.7 Å². The predicted octanol–water partition coefficient (Wildman–Crippen LogP) is 4.24. The number of carbonyl (C=O) groups is 1. The molecule has 26 heavy (non-hydrogen) atoms. The molecule has 2 aromatic carbocycles. The Morgan fingerprint density at radius 1 is 1.19 bits per heavy atom. The van der Waals surface area contributed by atoms with Gasteiger partial charge in [-0.25, -0.2) is 0 Å². The monoisotopic (exact) mass is 394 g/mol. The van der Waals surface area contributed by atoms with Gasteiger partial charge in [-0.15, -0.1) is 0 Å². The highest BCUT2D eigenvalue weighted by Gasteiger charge is 2.20. The largest absolute Gasteiger partial charge is 0.479 e. The number of morpholine rings is 1. The van der Waals surface area contributed by atoms with E-state index < -0.39 is 6.10 Å². The van der Waals surface area contributed by atoms with Crippen LogP contribution in [0, 0.1) is 0 Å². The molecular formula is C19H20Cl2N2O3. The van der Waals surface area contributed by atoms with Crippen molar-refractivity contribution in [1.29, 1.82) is 0 Å². The van der Waals surface area contributed by atoms with Crippen molar-refractivity contribution in [3.63, 3.8) is 0 Å². The molecule has 1 heterocycles. The molecule has 1 aliphatic heterocycles. The van der Waals surface area contributed by atoms with Crippen LogP contribution in [-0.4, -0.2) is 38.3 Å². The summed E-state index contributed by atoms with van der Waals surface area (Å²) < 4.78 is 11.1. The van der Waals surface area contributed by atoms with Crippen LogP contribution in [-0.2, 0) is 9.53 Å². The van der Waals surface area contributed by atoms with Gasteiger partial charge >= 0.3 is 0 Å². The molecule has 2 aromatic rings. The van der Waals surface area contributed by atoms with Crippen molar-refractivity contribution in [2.24, 2.45) is 0 Å². The van der Waals surface area contributed by atoms with E-state index in [0.717, 1.165) is 24.5 Å². The normalized spacial score (nSPS) is 15.4. The van der Waals surface area contributed by atoms with E-state index in [2.05, 4.69) is 10.2 Å². The minimum atomic E-state index is -0.716. The number of anilines is 2. The molecule has 0 radical (unpaired) electrons. The van der Waals surface area contributed by atoms with Crippen LogP contribution >= 0.6 is 23.2 Å². The fraction of sp³-hybridized carbons (Fsp3) is 0.316. The number of nitrogens with one attached hydrogen (secondary N) is 1. The molecule has 0 spiro atoms. The minimum absolute atomic E-state index is 0.253. The number of halogens is 2. The van der Waals surface area contributed by atoms with Crippen molar-refractivity contribution >= 4 is 40.5 Å². The molecule has 5 nitrogen and oxygen atoms in total. The summed E-state index contributed by atoms with van der Waals surface area (Å²) in [5.41, 5.74) is 1.72. The number of hydrogen-bond acceptors (Lipinski definition) is 4. The predicted molar refractivity (Wildman–Crippen MR) is 105 cm³/mol. The fourth-order valence-corrected chi connectivity index (χ4v) is 3.16. The van der Waals surface area contributed by atoms with Crippen LogP contribution in [0.15, 0.2) is 42.5 Å². The van der Waals surface area contributed by atoms with Crippen molar-refractivity contribution in [2.45, 2.75) is 13.0 Å². The van der Waals surface area contributed by atoms with E-state index >= 15 is 0 Å². The first-order valence-corrected chi connectivity index (χ1v) is 9.14. The van der Waals surface area contributed by atoms with Crippen molar-refractivity contribution < 1.29 is 14.3 Å². The van der Waals surface area contributed by atoms with Gasteiger partial charge in [0.25, 0.3) is 5.91 Å². The molecule has 138 valence electrons. The first-order valence-electron chi connectivity index (χ1n) is 8.39. The summed E-state index contributed by atoms with van der Waals surface area (Å²) in [5, 5.41) is 3.82. The SMILES string of the molecule is CC(Oc1ccc(Cl)cc1Cl)C(=O)Nc1ccccc1N1CCOCC1. The smallest absolute Gasteiger partial charge is 0.265 e. The lowest BCUT2D eigenvalue weighted by Gasteiger charge is -2.30. The molecule has 0 saturated carbocycles. The van der Waals surface area contributed by atoms with E-state index in [-0.39, 0.29) is 5.91 Å². The molecule has 1 atom stereocenters. The average molecular weight is 395 g/mol. The van der Waals surface area contributed by atoms with Gasteiger partial charge in [0.2, 0.25) is 0 Å². The maximum atomic E-state index is 12.6. The van der Waals surface area contributed by atoms with E-state index in [1.165, 1.54) is 0 Å². The second kappa shape index (κ2) is 8.62. The lowest BCUT2D eigenvalue weighted by Crippen LogP contribution is -2.37. The zero-order valence-corrected chi connectivity index (χ0v) is 15.9. The van der Waals surface area contributed by atoms with E-state index in [4.69, 9.17) is 32.7 Å². The zero-order chi connectivity index (χ0) is 18.5. The molecule has 1 saturated heterocycles. The summed E-state index contributed by atoms with van der Waals surface area (Å²) >= 11 is 12.0. The van der Waals surface area contributed by atoms with Crippen LogP contribution in [0.4, 0.5) is 11.4 Å². The fourth-order valence-electron chi connectivity index (χ4n) is 2.71. The third-order valence-electron chi connectivity index (χ3n) is 4.08. The summed E-state index contributed by atoms with van der Waals surface area (Å²) in [6.07, 6.45) is -0.716. The zero-order valence-electron chi connectivity index (χ0n) is 14.4. The van der Waals surface area contributed by atoms with Crippen LogP contribution in [0.2, 0.25) is 10.0 Å². The number of amides is 1. The van der Waals surface area contributed by atoms with Gasteiger partial charge in [0, 0.05) is 18.1 Å². The lowest BCUT2D eigenvalue weighted by molar-refractivity contribution is -0.122. The second-order valence-corrected chi connectivity index (χ2v) is 6.78. The van der Waals surface area contributed by atoms with Crippen LogP contribution in [0.1, 0.15) is 6.92 Å². The van der Waals surface area contributed by atoms with E-state index in [1.807, 2.05) is 24.3 Å². The Bertz CT molecular complexity index is 779. The highest BCUT2D eigenvalue weighted by molar-refractivity contribution is 6.35. The van der Waals surface area contributed by atoms with Crippen LogP contribution in [0.5, 0.6) is 5.75 Å². The van der Waals surface area contributed by atoms with Gasteiger partial charge in [-0.05, 0) is 37.3 Å². The van der Waals surface area contributed by atoms with Crippen molar-refractivity contribution in [2.75, 3.05) is 36.5 Å². The highest BCUT2D eigenvalue weighted by atomic mass is 35.5. The summed E-state index contributed by atoms with van der Waals surface area (Å²) in [7, 11) is 0. The second-order valence-electron chi connectivity index (χ2n) is 5.94. The molecule has 7 heteroatoms. The van der Waals surface area contributed by atoms with Crippen molar-refractivity contribution in [3.8, 4) is 5.75 Å². The van der Waals surface area contributed by atoms with E-state index in [9.17, 15) is 4.79 Å². The standard InChI is InChI=1S/C19H20Cl2N2O3/c1-13(26-18-7-6-14(20)12-15(18)21)19(24)22-16-4-2-3-5-17(16)23-8-10-25-11-9-23/h2-7,12-13H,8-11H2,1H3,(H,22,24). The number of para-hydroxylation sites is 2. The van der Waals surface area contributed by atoms with Gasteiger partial charge in [0.05, 0.1) is 29.6 Å². The number of carbonyl (C=O) groups excluding carboxylic acids is 1. The van der Waals surface area contributed by atoms with Gasteiger partial charge in [-0.2, -0.15) is 0 Å². The van der Waals surface area contributed by atoms with Gasteiger partial charge in [0.1, 0.15) is 5.75 Å². The Kier molecular flexibility index (Phi) is 6.25. The number of benzene rings is 2. The number of ether oxygens (including phenoxy) is 2. The number of hydrogen-bond donors (Lipinski definition) is 1. The summed E-state index contributed by atoms with van der Waals surface area (Å²) in [5.74, 6) is 0.164. The average Bonchev–Trinajstić information content (AvgIpc) is 2.65. The Labute approximate surface area is 162 Å². The number of nitrogens with zero attached hydrogens (tertiary/aromatic N) is 1. The first-order chi connectivity index (χ1) is 12.5. The molecule has 0 aromatic heterocycles. The maximum absolute atomic E-state index is 12.6. The Morgan fingerprint density at radius 3 is 2.65 bits per heavy atom. The Morgan fingerprint density at radius 2 is 1.92 bits per heavy atom. The molecule has 3 rings (SSSR count). The molecule has 1 aliphatic rings. The Balaban J connectivity index is 1.69. The molecule has 1 N–H and O–H groups in total. The molecule has 1 unspecified atom stereocenters. The number of rotatable bonds is 5. The summed E-state index contributed by atoms with van der Waals surface area (Å²) in [4.78, 5) is 14.8. The van der Waals surface area contributed by atoms with Crippen molar-refractivity contribution in [1.82, 2.24) is 0 Å². The highest BCUT2D eigenvalue weighted by Crippen LogP contribution is 2.29. The van der Waals surface area contributed by atoms with E-state index in [0.29, 0.717) is 29.0 Å². The Hall–Kier alpha value is -1.95. The molecule has 1 amide bonds. The van der Waals surface area contributed by atoms with E-state index in [1.54, 1.807) is 25.1 Å². The quantitative estimate of drug-likeness (QED) is 0.823. The topological polar surface area (TPSA) is 50.8 Å². The third-order valence-corrected chi connectivity index (χ3v) is 4.61. The molecule has 0 aliphatic carbocycles. The van der Waals surface area contributed by atoms with Gasteiger partial charge in [0.15, 0.2) is 6.10 Å². The molecule has 0 bridgehead atoms. The van der Waals surface area contributed by atoms with Crippen LogP contribution < -0.4 is 15.0 Å². The van der Waals surface area contributed by atoms with Crippen LogP contribution in [0.3, 0.4) is 0 Å². The third kappa shape index (κ3) is 4.61. The van der Waals surface area contributed by atoms with Gasteiger partial charge in [-0.3, -0.25) is 4.79 Å². The summed E-state index contributed by atoms with van der Waals surface area (Å²) in [6.45, 7) is 4.62. The first kappa shape index (κ1) is 18.8.